The highest BCUT2D eigenvalue weighted by molar-refractivity contribution is 7.13. The Bertz CT molecular complexity index is 634. The van der Waals surface area contributed by atoms with Crippen LogP contribution in [0.2, 0.25) is 0 Å². The smallest absolute Gasteiger partial charge is 0.225 e. The highest BCUT2D eigenvalue weighted by Gasteiger charge is 2.17. The predicted octanol–water partition coefficient (Wildman–Crippen LogP) is 2.83. The van der Waals surface area contributed by atoms with Gasteiger partial charge in [0.25, 0.3) is 0 Å². The Morgan fingerprint density at radius 3 is 2.96 bits per heavy atom. The van der Waals surface area contributed by atoms with Crippen LogP contribution in [0, 0.1) is 11.3 Å². The van der Waals surface area contributed by atoms with Gasteiger partial charge in [-0.05, 0) is 36.4 Å². The summed E-state index contributed by atoms with van der Waals surface area (Å²) in [5, 5.41) is 12.8. The summed E-state index contributed by atoms with van der Waals surface area (Å²) in [6.07, 6.45) is 5.31. The molecule has 1 aliphatic rings. The average Bonchev–Trinajstić information content (AvgIpc) is 3.14. The van der Waals surface area contributed by atoms with Crippen molar-refractivity contribution in [2.75, 3.05) is 31.1 Å². The van der Waals surface area contributed by atoms with Crippen LogP contribution >= 0.6 is 11.3 Å². The topological polar surface area (TPSA) is 64.9 Å². The van der Waals surface area contributed by atoms with Gasteiger partial charge in [-0.25, -0.2) is 9.97 Å². The molecule has 1 unspecified atom stereocenters. The molecule has 122 valence electrons. The molecule has 1 fully saturated rings. The molecule has 1 atom stereocenters. The normalized spacial score (nSPS) is 16.3. The van der Waals surface area contributed by atoms with E-state index in [0.717, 1.165) is 56.2 Å². The van der Waals surface area contributed by atoms with Gasteiger partial charge in [-0.3, -0.25) is 0 Å². The molecule has 0 aliphatic carbocycles. The van der Waals surface area contributed by atoms with Crippen LogP contribution in [0.25, 0.3) is 10.4 Å². The van der Waals surface area contributed by atoms with Gasteiger partial charge in [0.2, 0.25) is 5.95 Å². The predicted molar refractivity (Wildman–Crippen MR) is 96.7 cm³/mol. The summed E-state index contributed by atoms with van der Waals surface area (Å²) < 4.78 is 0. The lowest BCUT2D eigenvalue weighted by atomic mass is 10.0. The van der Waals surface area contributed by atoms with E-state index in [1.54, 1.807) is 11.3 Å². The number of nitrogens with zero attached hydrogens (tertiary/aromatic N) is 3. The first-order chi connectivity index (χ1) is 11.3. The van der Waals surface area contributed by atoms with Crippen LogP contribution in [-0.2, 0) is 6.42 Å². The van der Waals surface area contributed by atoms with Crippen LogP contribution in [-0.4, -0.2) is 42.4 Å². The van der Waals surface area contributed by atoms with Crippen molar-refractivity contribution in [3.05, 3.63) is 29.4 Å². The quantitative estimate of drug-likeness (QED) is 0.800. The van der Waals surface area contributed by atoms with Crippen molar-refractivity contribution in [2.24, 2.45) is 5.92 Å². The summed E-state index contributed by atoms with van der Waals surface area (Å²) >= 11 is 1.72. The lowest BCUT2D eigenvalue weighted by Crippen LogP contribution is -2.44. The Balaban J connectivity index is 1.88. The summed E-state index contributed by atoms with van der Waals surface area (Å²) in [6, 6.07) is 4.19. The molecule has 0 bridgehead atoms. The van der Waals surface area contributed by atoms with Crippen molar-refractivity contribution in [1.29, 1.82) is 5.41 Å². The van der Waals surface area contributed by atoms with Crippen LogP contribution in [0.3, 0.4) is 0 Å². The van der Waals surface area contributed by atoms with E-state index in [2.05, 4.69) is 39.6 Å². The summed E-state index contributed by atoms with van der Waals surface area (Å²) in [7, 11) is 0. The van der Waals surface area contributed by atoms with Crippen molar-refractivity contribution in [3.8, 4) is 10.4 Å². The highest BCUT2D eigenvalue weighted by Crippen LogP contribution is 2.29. The number of piperazine rings is 1. The minimum Gasteiger partial charge on any atom is -0.338 e. The van der Waals surface area contributed by atoms with Crippen LogP contribution < -0.4 is 10.2 Å². The number of thiophene rings is 1. The fourth-order valence-electron chi connectivity index (χ4n) is 2.70. The molecule has 5 nitrogen and oxygen atoms in total. The first-order valence-corrected chi connectivity index (χ1v) is 9.02. The summed E-state index contributed by atoms with van der Waals surface area (Å²) in [6.45, 7) is 5.95. The van der Waals surface area contributed by atoms with Gasteiger partial charge in [-0.2, -0.15) is 0 Å². The van der Waals surface area contributed by atoms with E-state index in [-0.39, 0.29) is 5.92 Å². The van der Waals surface area contributed by atoms with Crippen molar-refractivity contribution >= 4 is 23.5 Å². The Kier molecular flexibility index (Phi) is 5.35. The fraction of sp³-hybridized carbons (Fsp3) is 0.471. The maximum absolute atomic E-state index is 7.40. The van der Waals surface area contributed by atoms with Crippen LogP contribution in [0.5, 0.6) is 0 Å². The molecule has 2 aromatic rings. The van der Waals surface area contributed by atoms with E-state index in [9.17, 15) is 0 Å². The van der Waals surface area contributed by atoms with Crippen molar-refractivity contribution in [3.63, 3.8) is 0 Å². The van der Waals surface area contributed by atoms with Gasteiger partial charge in [0.15, 0.2) is 0 Å². The van der Waals surface area contributed by atoms with Gasteiger partial charge in [0.1, 0.15) is 0 Å². The lowest BCUT2D eigenvalue weighted by molar-refractivity contribution is 0.578. The second-order valence-electron chi connectivity index (χ2n) is 5.93. The van der Waals surface area contributed by atoms with Gasteiger partial charge < -0.3 is 15.6 Å². The van der Waals surface area contributed by atoms with Gasteiger partial charge in [0, 0.05) is 42.8 Å². The van der Waals surface area contributed by atoms with Gasteiger partial charge >= 0.3 is 0 Å². The minimum atomic E-state index is 0.281. The minimum absolute atomic E-state index is 0.281. The Hall–Kier alpha value is -1.79. The Morgan fingerprint density at radius 2 is 2.26 bits per heavy atom. The van der Waals surface area contributed by atoms with E-state index >= 15 is 0 Å². The molecule has 2 aromatic heterocycles. The van der Waals surface area contributed by atoms with E-state index in [1.807, 2.05) is 6.20 Å². The number of nitrogens with one attached hydrogen (secondary N) is 2. The number of hydrogen-bond acceptors (Lipinski definition) is 6. The third-order valence-corrected chi connectivity index (χ3v) is 5.07. The zero-order valence-corrected chi connectivity index (χ0v) is 14.3. The zero-order valence-electron chi connectivity index (χ0n) is 13.5. The lowest BCUT2D eigenvalue weighted by Gasteiger charge is -2.27. The van der Waals surface area contributed by atoms with Gasteiger partial charge in [0.05, 0.1) is 5.69 Å². The molecule has 2 N–H and O–H groups in total. The molecule has 0 radical (unpaired) electrons. The number of aryl methyl sites for hydroxylation is 1. The Labute approximate surface area is 141 Å². The van der Waals surface area contributed by atoms with Crippen molar-refractivity contribution in [1.82, 2.24) is 15.3 Å². The fourth-order valence-corrected chi connectivity index (χ4v) is 3.46. The monoisotopic (exact) mass is 329 g/mol. The highest BCUT2D eigenvalue weighted by atomic mass is 32.1. The average molecular weight is 329 g/mol. The van der Waals surface area contributed by atoms with Crippen LogP contribution in [0.15, 0.2) is 23.7 Å². The first-order valence-electron chi connectivity index (χ1n) is 8.14. The second-order valence-corrected chi connectivity index (χ2v) is 6.88. The third kappa shape index (κ3) is 3.95. The Morgan fingerprint density at radius 1 is 1.43 bits per heavy atom. The zero-order chi connectivity index (χ0) is 16.1. The summed E-state index contributed by atoms with van der Waals surface area (Å²) in [5.41, 5.74) is 2.24. The molecule has 3 rings (SSSR count). The molecule has 1 saturated heterocycles. The first kappa shape index (κ1) is 16.1. The van der Waals surface area contributed by atoms with E-state index < -0.39 is 0 Å². The molecular weight excluding hydrogens is 306 g/mol. The molecule has 1 aliphatic heterocycles. The summed E-state index contributed by atoms with van der Waals surface area (Å²) in [4.78, 5) is 13.0. The van der Waals surface area contributed by atoms with Gasteiger partial charge in [-0.15, -0.1) is 11.3 Å². The van der Waals surface area contributed by atoms with Crippen LogP contribution in [0.4, 0.5) is 5.95 Å². The summed E-state index contributed by atoms with van der Waals surface area (Å²) in [5.74, 6) is 1.12. The molecule has 0 spiro atoms. The van der Waals surface area contributed by atoms with E-state index in [4.69, 9.17) is 10.4 Å². The molecule has 0 aromatic carbocycles. The molecule has 0 amide bonds. The van der Waals surface area contributed by atoms with Crippen molar-refractivity contribution in [2.45, 2.75) is 19.8 Å². The van der Waals surface area contributed by atoms with Gasteiger partial charge in [-0.1, -0.05) is 13.0 Å². The number of aromatic nitrogens is 2. The second kappa shape index (κ2) is 7.66. The van der Waals surface area contributed by atoms with E-state index in [0.29, 0.717) is 0 Å². The third-order valence-electron chi connectivity index (χ3n) is 4.16. The van der Waals surface area contributed by atoms with Crippen molar-refractivity contribution < 1.29 is 0 Å². The maximum Gasteiger partial charge on any atom is 0.225 e. The van der Waals surface area contributed by atoms with Crippen LogP contribution in [0.1, 0.15) is 19.0 Å². The SMILES string of the molecule is CC(C=N)CCc1nc(N2CCNCC2)ncc1-c1cccs1. The number of rotatable bonds is 6. The standard InChI is InChI=1S/C17H23N5S/c1-13(11-18)4-5-15-14(16-3-2-10-23-16)12-20-17(21-15)22-8-6-19-7-9-22/h2-3,10-13,18-19H,4-9H2,1H3. The molecule has 0 saturated carbocycles. The molecular formula is C17H23N5S. The molecule has 3 heterocycles. The van der Waals surface area contributed by atoms with E-state index in [1.165, 1.54) is 11.1 Å². The number of anilines is 1. The maximum atomic E-state index is 7.40. The largest absolute Gasteiger partial charge is 0.338 e. The number of hydrogen-bond donors (Lipinski definition) is 2. The molecule has 6 heteroatoms. The molecule has 23 heavy (non-hydrogen) atoms.